The van der Waals surface area contributed by atoms with Crippen molar-refractivity contribution in [3.8, 4) is 0 Å². The Kier molecular flexibility index (Phi) is 2.82. The maximum absolute atomic E-state index is 6.32. The third-order valence-electron chi connectivity index (χ3n) is 3.16. The van der Waals surface area contributed by atoms with E-state index in [2.05, 4.69) is 18.9 Å². The van der Waals surface area contributed by atoms with E-state index in [-0.39, 0.29) is 0 Å². The molecule has 1 aromatic heterocycles. The molecule has 3 heteroatoms. The highest BCUT2D eigenvalue weighted by molar-refractivity contribution is 6.30. The number of nitrogens with zero attached hydrogens (tertiary/aromatic N) is 2. The summed E-state index contributed by atoms with van der Waals surface area (Å²) in [5, 5.41) is 5.51. The number of aromatic nitrogens is 2. The van der Waals surface area contributed by atoms with E-state index in [1.54, 1.807) is 0 Å². The van der Waals surface area contributed by atoms with Crippen LogP contribution < -0.4 is 0 Å². The minimum atomic E-state index is 0.480. The predicted molar refractivity (Wildman–Crippen MR) is 58.9 cm³/mol. The molecule has 0 spiro atoms. The first kappa shape index (κ1) is 10.0. The van der Waals surface area contributed by atoms with Crippen LogP contribution in [0.15, 0.2) is 0 Å². The average Bonchev–Trinajstić information content (AvgIpc) is 2.74. The van der Waals surface area contributed by atoms with Gasteiger partial charge in [0.2, 0.25) is 0 Å². The molecular formula is C11H17ClN2. The van der Waals surface area contributed by atoms with E-state index >= 15 is 0 Å². The van der Waals surface area contributed by atoms with Gasteiger partial charge in [-0.3, -0.25) is 4.68 Å². The molecule has 0 aliphatic heterocycles. The van der Waals surface area contributed by atoms with Crippen LogP contribution in [0.3, 0.4) is 0 Å². The van der Waals surface area contributed by atoms with Crippen LogP contribution in [-0.2, 0) is 12.8 Å². The molecule has 0 fully saturated rings. The van der Waals surface area contributed by atoms with Crippen LogP contribution in [0.1, 0.15) is 50.4 Å². The summed E-state index contributed by atoms with van der Waals surface area (Å²) in [7, 11) is 0. The molecule has 14 heavy (non-hydrogen) atoms. The van der Waals surface area contributed by atoms with Crippen LogP contribution in [0.4, 0.5) is 0 Å². The maximum Gasteiger partial charge on any atom is 0.130 e. The number of hydrogen-bond acceptors (Lipinski definition) is 1. The van der Waals surface area contributed by atoms with Crippen LogP contribution in [-0.4, -0.2) is 9.78 Å². The number of fused-ring (bicyclic) bond motifs is 1. The normalized spacial score (nSPS) is 15.1. The van der Waals surface area contributed by atoms with E-state index in [4.69, 9.17) is 11.6 Å². The van der Waals surface area contributed by atoms with Gasteiger partial charge in [-0.15, -0.1) is 0 Å². The zero-order chi connectivity index (χ0) is 10.1. The molecule has 0 unspecified atom stereocenters. The first-order chi connectivity index (χ1) is 6.77. The standard InChI is InChI=1S/C11H17ClN2/c1-3-8(4-2)14-11(12)9-6-5-7-10(9)13-14/h8H,3-7H2,1-2H3. The monoisotopic (exact) mass is 212 g/mol. The molecule has 78 valence electrons. The lowest BCUT2D eigenvalue weighted by atomic mass is 10.2. The summed E-state index contributed by atoms with van der Waals surface area (Å²) in [5.74, 6) is 0. The topological polar surface area (TPSA) is 17.8 Å². The SMILES string of the molecule is CCC(CC)n1nc2c(c1Cl)CCC2. The first-order valence-corrected chi connectivity index (χ1v) is 5.91. The van der Waals surface area contributed by atoms with Crippen molar-refractivity contribution in [2.75, 3.05) is 0 Å². The maximum atomic E-state index is 6.32. The van der Waals surface area contributed by atoms with Crippen LogP contribution in [0.2, 0.25) is 5.15 Å². The Morgan fingerprint density at radius 2 is 2.07 bits per heavy atom. The third-order valence-corrected chi connectivity index (χ3v) is 3.56. The molecule has 2 rings (SSSR count). The van der Waals surface area contributed by atoms with Gasteiger partial charge < -0.3 is 0 Å². The number of hydrogen-bond donors (Lipinski definition) is 0. The predicted octanol–water partition coefficient (Wildman–Crippen LogP) is 3.39. The van der Waals surface area contributed by atoms with Crippen molar-refractivity contribution in [1.82, 2.24) is 9.78 Å². The Bertz CT molecular complexity index is 326. The van der Waals surface area contributed by atoms with Gasteiger partial charge in [-0.1, -0.05) is 25.4 Å². The Labute approximate surface area is 90.3 Å². The fourth-order valence-electron chi connectivity index (χ4n) is 2.25. The van der Waals surface area contributed by atoms with Crippen molar-refractivity contribution in [2.45, 2.75) is 52.0 Å². The van der Waals surface area contributed by atoms with Crippen LogP contribution in [0.25, 0.3) is 0 Å². The summed E-state index contributed by atoms with van der Waals surface area (Å²) < 4.78 is 2.03. The second-order valence-corrected chi connectivity index (χ2v) is 4.34. The van der Waals surface area contributed by atoms with Gasteiger partial charge in [0, 0.05) is 5.56 Å². The molecule has 1 heterocycles. The number of halogens is 1. The molecule has 0 aromatic carbocycles. The van der Waals surface area contributed by atoms with Crippen molar-refractivity contribution in [3.05, 3.63) is 16.4 Å². The zero-order valence-corrected chi connectivity index (χ0v) is 9.64. The second kappa shape index (κ2) is 3.93. The van der Waals surface area contributed by atoms with Crippen molar-refractivity contribution in [3.63, 3.8) is 0 Å². The number of rotatable bonds is 3. The van der Waals surface area contributed by atoms with Gasteiger partial charge in [0.15, 0.2) is 0 Å². The molecule has 1 aliphatic rings. The lowest BCUT2D eigenvalue weighted by Gasteiger charge is -2.14. The smallest absolute Gasteiger partial charge is 0.130 e. The quantitative estimate of drug-likeness (QED) is 0.751. The van der Waals surface area contributed by atoms with Gasteiger partial charge in [0.25, 0.3) is 0 Å². The van der Waals surface area contributed by atoms with Gasteiger partial charge in [-0.2, -0.15) is 5.10 Å². The Morgan fingerprint density at radius 1 is 1.36 bits per heavy atom. The fourth-order valence-corrected chi connectivity index (χ4v) is 2.63. The molecule has 0 atom stereocenters. The van der Waals surface area contributed by atoms with Crippen LogP contribution in [0.5, 0.6) is 0 Å². The summed E-state index contributed by atoms with van der Waals surface area (Å²) in [6, 6.07) is 0.480. The Hall–Kier alpha value is -0.500. The van der Waals surface area contributed by atoms with E-state index < -0.39 is 0 Å². The average molecular weight is 213 g/mol. The highest BCUT2D eigenvalue weighted by Crippen LogP contribution is 2.31. The van der Waals surface area contributed by atoms with Gasteiger partial charge >= 0.3 is 0 Å². The van der Waals surface area contributed by atoms with Gasteiger partial charge in [-0.25, -0.2) is 0 Å². The van der Waals surface area contributed by atoms with Gasteiger partial charge in [-0.05, 0) is 32.1 Å². The Morgan fingerprint density at radius 3 is 2.64 bits per heavy atom. The van der Waals surface area contributed by atoms with E-state index in [9.17, 15) is 0 Å². The zero-order valence-electron chi connectivity index (χ0n) is 8.89. The highest BCUT2D eigenvalue weighted by Gasteiger charge is 2.23. The summed E-state index contributed by atoms with van der Waals surface area (Å²) >= 11 is 6.32. The van der Waals surface area contributed by atoms with Crippen molar-refractivity contribution in [1.29, 1.82) is 0 Å². The molecule has 0 saturated heterocycles. The first-order valence-electron chi connectivity index (χ1n) is 5.53. The van der Waals surface area contributed by atoms with Crippen molar-refractivity contribution >= 4 is 11.6 Å². The molecule has 0 N–H and O–H groups in total. The fraction of sp³-hybridized carbons (Fsp3) is 0.727. The second-order valence-electron chi connectivity index (χ2n) is 3.98. The molecule has 0 radical (unpaired) electrons. The van der Waals surface area contributed by atoms with Gasteiger partial charge in [0.1, 0.15) is 5.15 Å². The Balaban J connectivity index is 2.35. The third kappa shape index (κ3) is 1.46. The molecule has 2 nitrogen and oxygen atoms in total. The summed E-state index contributed by atoms with van der Waals surface area (Å²) in [5.41, 5.74) is 2.54. The molecule has 0 saturated carbocycles. The lowest BCUT2D eigenvalue weighted by Crippen LogP contribution is -2.09. The van der Waals surface area contributed by atoms with Crippen molar-refractivity contribution in [2.24, 2.45) is 0 Å². The van der Waals surface area contributed by atoms with Crippen molar-refractivity contribution < 1.29 is 0 Å². The van der Waals surface area contributed by atoms with E-state index in [1.165, 1.54) is 17.7 Å². The minimum absolute atomic E-state index is 0.480. The molecule has 0 bridgehead atoms. The highest BCUT2D eigenvalue weighted by atomic mass is 35.5. The van der Waals surface area contributed by atoms with Crippen LogP contribution in [0, 0.1) is 0 Å². The van der Waals surface area contributed by atoms with E-state index in [1.807, 2.05) is 4.68 Å². The number of aryl methyl sites for hydroxylation is 1. The summed E-state index contributed by atoms with van der Waals surface area (Å²) in [6.07, 6.45) is 5.67. The van der Waals surface area contributed by atoms with Crippen LogP contribution >= 0.6 is 11.6 Å². The van der Waals surface area contributed by atoms with E-state index in [0.717, 1.165) is 30.8 Å². The molecular weight excluding hydrogens is 196 g/mol. The van der Waals surface area contributed by atoms with Gasteiger partial charge in [0.05, 0.1) is 11.7 Å². The summed E-state index contributed by atoms with van der Waals surface area (Å²) in [4.78, 5) is 0. The molecule has 1 aromatic rings. The molecule has 0 amide bonds. The lowest BCUT2D eigenvalue weighted by molar-refractivity contribution is 0.425. The van der Waals surface area contributed by atoms with E-state index in [0.29, 0.717) is 6.04 Å². The minimum Gasteiger partial charge on any atom is -0.250 e. The molecule has 1 aliphatic carbocycles. The largest absolute Gasteiger partial charge is 0.250 e. The summed E-state index contributed by atoms with van der Waals surface area (Å²) in [6.45, 7) is 4.38.